The molecule has 0 heterocycles. The largest absolute Gasteiger partial charge is 0.0614 e. The van der Waals surface area contributed by atoms with E-state index in [0.717, 1.165) is 0 Å². The fourth-order valence-corrected chi connectivity index (χ4v) is 2.59. The molecule has 2 aromatic rings. The molecule has 0 fully saturated rings. The third-order valence-electron chi connectivity index (χ3n) is 3.89. The van der Waals surface area contributed by atoms with E-state index in [2.05, 4.69) is 78.8 Å². The van der Waals surface area contributed by atoms with Gasteiger partial charge in [-0.15, -0.1) is 0 Å². The summed E-state index contributed by atoms with van der Waals surface area (Å²) >= 11 is 0. The molecule has 0 saturated heterocycles. The number of aryl methyl sites for hydroxylation is 1. The Kier molecular flexibility index (Phi) is 3.24. The Morgan fingerprint density at radius 3 is 1.89 bits per heavy atom. The predicted octanol–water partition coefficient (Wildman–Crippen LogP) is 5.74. The van der Waals surface area contributed by atoms with Crippen molar-refractivity contribution in [2.45, 2.75) is 59.3 Å². The minimum atomic E-state index is 0.174. The van der Waals surface area contributed by atoms with Crippen LogP contribution in [0.25, 0.3) is 10.8 Å². The molecule has 0 spiro atoms. The quantitative estimate of drug-likeness (QED) is 0.562. The van der Waals surface area contributed by atoms with Crippen molar-refractivity contribution < 1.29 is 0 Å². The second-order valence-electron chi connectivity index (χ2n) is 7.69. The van der Waals surface area contributed by atoms with Crippen LogP contribution in [0.1, 0.15) is 58.2 Å². The maximum Gasteiger partial charge on any atom is -0.0126 e. The summed E-state index contributed by atoms with van der Waals surface area (Å²) in [5, 5.41) is 2.81. The predicted molar refractivity (Wildman–Crippen MR) is 86.1 cm³/mol. The highest BCUT2D eigenvalue weighted by Gasteiger charge is 2.22. The van der Waals surface area contributed by atoms with Crippen LogP contribution in [0.15, 0.2) is 30.3 Å². The molecular formula is C19H26. The number of benzene rings is 2. The van der Waals surface area contributed by atoms with Gasteiger partial charge in [0.15, 0.2) is 0 Å². The van der Waals surface area contributed by atoms with E-state index in [9.17, 15) is 0 Å². The van der Waals surface area contributed by atoms with Gasteiger partial charge in [-0.2, -0.15) is 0 Å². The standard InChI is InChI=1S/C19H26/c1-13-9-8-10-15-16(13)11-14(18(2,3)4)12-17(15)19(5,6)7/h8-12H,1-7H3. The average molecular weight is 254 g/mol. The van der Waals surface area contributed by atoms with E-state index in [1.54, 1.807) is 0 Å². The topological polar surface area (TPSA) is 0 Å². The van der Waals surface area contributed by atoms with Crippen molar-refractivity contribution in [1.82, 2.24) is 0 Å². The van der Waals surface area contributed by atoms with Crippen LogP contribution in [0, 0.1) is 6.92 Å². The molecule has 0 saturated carbocycles. The summed E-state index contributed by atoms with van der Waals surface area (Å²) in [6, 6.07) is 11.4. The maximum absolute atomic E-state index is 2.40. The van der Waals surface area contributed by atoms with Gasteiger partial charge in [0.1, 0.15) is 0 Å². The van der Waals surface area contributed by atoms with Crippen molar-refractivity contribution in [3.63, 3.8) is 0 Å². The Morgan fingerprint density at radius 2 is 1.37 bits per heavy atom. The van der Waals surface area contributed by atoms with Gasteiger partial charge < -0.3 is 0 Å². The number of fused-ring (bicyclic) bond motifs is 1. The summed E-state index contributed by atoms with van der Waals surface area (Å²) in [4.78, 5) is 0. The highest BCUT2D eigenvalue weighted by atomic mass is 14.3. The molecule has 2 aromatic carbocycles. The Bertz CT molecular complexity index is 604. The van der Waals surface area contributed by atoms with E-state index >= 15 is 0 Å². The van der Waals surface area contributed by atoms with Gasteiger partial charge in [-0.05, 0) is 45.2 Å². The molecule has 0 heteroatoms. The van der Waals surface area contributed by atoms with Crippen LogP contribution in [0.3, 0.4) is 0 Å². The van der Waals surface area contributed by atoms with E-state index in [0.29, 0.717) is 0 Å². The van der Waals surface area contributed by atoms with E-state index in [1.807, 2.05) is 0 Å². The van der Waals surface area contributed by atoms with Crippen molar-refractivity contribution in [3.8, 4) is 0 Å². The summed E-state index contributed by atoms with van der Waals surface area (Å²) in [6.07, 6.45) is 0. The highest BCUT2D eigenvalue weighted by Crippen LogP contribution is 2.36. The molecule has 19 heavy (non-hydrogen) atoms. The minimum Gasteiger partial charge on any atom is -0.0614 e. The molecule has 0 aromatic heterocycles. The number of rotatable bonds is 0. The summed E-state index contributed by atoms with van der Waals surface area (Å²) in [5.74, 6) is 0. The van der Waals surface area contributed by atoms with Crippen LogP contribution in [-0.4, -0.2) is 0 Å². The smallest absolute Gasteiger partial charge is 0.0126 e. The zero-order chi connectivity index (χ0) is 14.4. The number of hydrogen-bond acceptors (Lipinski definition) is 0. The van der Waals surface area contributed by atoms with Crippen molar-refractivity contribution in [2.24, 2.45) is 0 Å². The van der Waals surface area contributed by atoms with Gasteiger partial charge in [0.25, 0.3) is 0 Å². The second-order valence-corrected chi connectivity index (χ2v) is 7.69. The van der Waals surface area contributed by atoms with Gasteiger partial charge in [0.2, 0.25) is 0 Å². The molecule has 0 N–H and O–H groups in total. The summed E-state index contributed by atoms with van der Waals surface area (Å²) in [7, 11) is 0. The van der Waals surface area contributed by atoms with Gasteiger partial charge >= 0.3 is 0 Å². The zero-order valence-corrected chi connectivity index (χ0v) is 13.4. The summed E-state index contributed by atoms with van der Waals surface area (Å²) < 4.78 is 0. The molecular weight excluding hydrogens is 228 g/mol. The summed E-state index contributed by atoms with van der Waals surface area (Å²) in [5.41, 5.74) is 4.62. The Hall–Kier alpha value is -1.30. The van der Waals surface area contributed by atoms with Gasteiger partial charge in [-0.1, -0.05) is 71.9 Å². The molecule has 0 bridgehead atoms. The molecule has 0 unspecified atom stereocenters. The second kappa shape index (κ2) is 4.37. The maximum atomic E-state index is 2.40. The first kappa shape index (κ1) is 14.1. The zero-order valence-electron chi connectivity index (χ0n) is 13.4. The van der Waals surface area contributed by atoms with Gasteiger partial charge in [0.05, 0.1) is 0 Å². The summed E-state index contributed by atoms with van der Waals surface area (Å²) in [6.45, 7) is 16.0. The normalized spacial score (nSPS) is 13.0. The molecule has 0 radical (unpaired) electrons. The van der Waals surface area contributed by atoms with Crippen LogP contribution in [0.5, 0.6) is 0 Å². The first-order valence-corrected chi connectivity index (χ1v) is 7.15. The van der Waals surface area contributed by atoms with E-state index in [-0.39, 0.29) is 10.8 Å². The molecule has 2 rings (SSSR count). The van der Waals surface area contributed by atoms with Crippen LogP contribution in [0.4, 0.5) is 0 Å². The van der Waals surface area contributed by atoms with Gasteiger partial charge in [-0.25, -0.2) is 0 Å². The molecule has 0 nitrogen and oxygen atoms in total. The fraction of sp³-hybridized carbons (Fsp3) is 0.474. The monoisotopic (exact) mass is 254 g/mol. The minimum absolute atomic E-state index is 0.174. The molecule has 0 aliphatic carbocycles. The fourth-order valence-electron chi connectivity index (χ4n) is 2.59. The molecule has 0 amide bonds. The number of hydrogen-bond donors (Lipinski definition) is 0. The van der Waals surface area contributed by atoms with Crippen molar-refractivity contribution in [1.29, 1.82) is 0 Å². The van der Waals surface area contributed by atoms with Gasteiger partial charge in [0, 0.05) is 0 Å². The van der Waals surface area contributed by atoms with E-state index in [4.69, 9.17) is 0 Å². The molecule has 102 valence electrons. The third kappa shape index (κ3) is 2.68. The molecule has 0 aliphatic rings. The van der Waals surface area contributed by atoms with Crippen LogP contribution in [-0.2, 0) is 10.8 Å². The Labute approximate surface area is 117 Å². The van der Waals surface area contributed by atoms with E-state index < -0.39 is 0 Å². The SMILES string of the molecule is Cc1cccc2c(C(C)(C)C)cc(C(C)(C)C)cc12. The van der Waals surface area contributed by atoms with E-state index in [1.165, 1.54) is 27.5 Å². The first-order valence-electron chi connectivity index (χ1n) is 7.15. The molecule has 0 aliphatic heterocycles. The lowest BCUT2D eigenvalue weighted by molar-refractivity contribution is 0.573. The van der Waals surface area contributed by atoms with Crippen LogP contribution >= 0.6 is 0 Å². The third-order valence-corrected chi connectivity index (χ3v) is 3.89. The molecule has 0 atom stereocenters. The lowest BCUT2D eigenvalue weighted by Crippen LogP contribution is -2.16. The Morgan fingerprint density at radius 1 is 0.737 bits per heavy atom. The van der Waals surface area contributed by atoms with Crippen LogP contribution < -0.4 is 0 Å². The lowest BCUT2D eigenvalue weighted by Gasteiger charge is -2.27. The van der Waals surface area contributed by atoms with Gasteiger partial charge in [-0.3, -0.25) is 0 Å². The first-order chi connectivity index (χ1) is 8.60. The lowest BCUT2D eigenvalue weighted by atomic mass is 9.77. The highest BCUT2D eigenvalue weighted by molar-refractivity contribution is 5.90. The average Bonchev–Trinajstić information content (AvgIpc) is 2.25. The van der Waals surface area contributed by atoms with Crippen molar-refractivity contribution >= 4 is 10.8 Å². The van der Waals surface area contributed by atoms with Crippen LogP contribution in [0.2, 0.25) is 0 Å². The van der Waals surface area contributed by atoms with Crippen molar-refractivity contribution in [2.75, 3.05) is 0 Å². The van der Waals surface area contributed by atoms with Crippen molar-refractivity contribution in [3.05, 3.63) is 47.0 Å². The Balaban J connectivity index is 2.89.